The molecule has 4 heterocycles. The third-order valence-corrected chi connectivity index (χ3v) is 6.97. The summed E-state index contributed by atoms with van der Waals surface area (Å²) in [5.74, 6) is -0.162. The topological polar surface area (TPSA) is 97.4 Å². The van der Waals surface area contributed by atoms with Crippen LogP contribution in [-0.2, 0) is 4.74 Å². The van der Waals surface area contributed by atoms with Crippen LogP contribution in [-0.4, -0.2) is 25.7 Å². The first-order valence-electron chi connectivity index (χ1n) is 11.5. The Morgan fingerprint density at radius 2 is 1.97 bits per heavy atom. The van der Waals surface area contributed by atoms with Crippen molar-refractivity contribution in [1.82, 2.24) is 19.5 Å². The SMILES string of the molecule is CC(C)n1c(=O)[nH]c2nccc(Oc3ccc(NC4OC4c4ncc(-c5ccccc5)s4)cc3F)c21. The van der Waals surface area contributed by atoms with Crippen molar-refractivity contribution in [1.29, 1.82) is 0 Å². The van der Waals surface area contributed by atoms with E-state index in [1.54, 1.807) is 29.5 Å². The molecule has 36 heavy (non-hydrogen) atoms. The second kappa shape index (κ2) is 8.89. The highest BCUT2D eigenvalue weighted by Gasteiger charge is 2.43. The molecule has 10 heteroatoms. The Labute approximate surface area is 209 Å². The van der Waals surface area contributed by atoms with Gasteiger partial charge in [-0.1, -0.05) is 30.3 Å². The molecule has 1 saturated heterocycles. The van der Waals surface area contributed by atoms with E-state index >= 15 is 0 Å². The van der Waals surface area contributed by atoms with Crippen LogP contribution in [0.15, 0.2) is 71.8 Å². The molecule has 3 aromatic heterocycles. The quantitative estimate of drug-likeness (QED) is 0.270. The molecule has 0 spiro atoms. The number of epoxide rings is 1. The standard InChI is InChI=1S/C26H22FN5O3S/c1-14(2)32-21-19(10-11-28-23(21)31-26(32)33)34-18-9-8-16(12-17(18)27)30-24-22(35-24)25-29-13-20(36-25)15-6-4-3-5-7-15/h3-14,22,24,30H,1-2H3,(H,28,31,33). The Hall–Kier alpha value is -4.02. The van der Waals surface area contributed by atoms with Gasteiger partial charge in [-0.25, -0.2) is 19.2 Å². The number of H-pyrrole nitrogens is 1. The molecule has 0 amide bonds. The Bertz CT molecular complexity index is 1610. The maximum Gasteiger partial charge on any atom is 0.328 e. The zero-order valence-corrected chi connectivity index (χ0v) is 20.3. The summed E-state index contributed by atoms with van der Waals surface area (Å²) in [6, 6.07) is 16.2. The fourth-order valence-electron chi connectivity index (χ4n) is 4.12. The number of imidazole rings is 1. The van der Waals surface area contributed by atoms with Crippen molar-refractivity contribution in [3.05, 3.63) is 88.3 Å². The Morgan fingerprint density at radius 1 is 1.14 bits per heavy atom. The van der Waals surface area contributed by atoms with Crippen LogP contribution in [0.1, 0.15) is 31.0 Å². The third-order valence-electron chi connectivity index (χ3n) is 5.87. The Morgan fingerprint density at radius 3 is 2.75 bits per heavy atom. The summed E-state index contributed by atoms with van der Waals surface area (Å²) in [6.45, 7) is 3.77. The molecule has 0 bridgehead atoms. The van der Waals surface area contributed by atoms with Crippen molar-refractivity contribution in [2.45, 2.75) is 32.2 Å². The molecule has 1 fully saturated rings. The number of ether oxygens (including phenoxy) is 2. The number of hydrogen-bond acceptors (Lipinski definition) is 7. The highest BCUT2D eigenvalue weighted by Crippen LogP contribution is 2.43. The molecule has 5 aromatic rings. The predicted molar refractivity (Wildman–Crippen MR) is 136 cm³/mol. The molecule has 2 N–H and O–H groups in total. The number of fused-ring (bicyclic) bond motifs is 1. The molecule has 0 saturated carbocycles. The largest absolute Gasteiger partial charge is 0.452 e. The van der Waals surface area contributed by atoms with Crippen LogP contribution >= 0.6 is 11.3 Å². The van der Waals surface area contributed by atoms with Crippen molar-refractivity contribution >= 4 is 28.2 Å². The fraction of sp³-hybridized carbons (Fsp3) is 0.192. The van der Waals surface area contributed by atoms with E-state index in [-0.39, 0.29) is 29.8 Å². The van der Waals surface area contributed by atoms with E-state index in [0.29, 0.717) is 22.6 Å². The molecule has 0 aliphatic carbocycles. The normalized spacial score (nSPS) is 17.0. The van der Waals surface area contributed by atoms with Gasteiger partial charge in [0.25, 0.3) is 0 Å². The Balaban J connectivity index is 1.17. The number of thiazole rings is 1. The van der Waals surface area contributed by atoms with Crippen molar-refractivity contribution in [2.24, 2.45) is 0 Å². The van der Waals surface area contributed by atoms with Crippen LogP contribution in [0.5, 0.6) is 11.5 Å². The van der Waals surface area contributed by atoms with Gasteiger partial charge in [-0.15, -0.1) is 11.3 Å². The summed E-state index contributed by atoms with van der Waals surface area (Å²) >= 11 is 1.58. The van der Waals surface area contributed by atoms with Crippen LogP contribution in [0.4, 0.5) is 10.1 Å². The molecule has 182 valence electrons. The molecule has 6 rings (SSSR count). The van der Waals surface area contributed by atoms with E-state index in [2.05, 4.69) is 20.3 Å². The van der Waals surface area contributed by atoms with Gasteiger partial charge in [0.15, 0.2) is 35.3 Å². The maximum absolute atomic E-state index is 15.0. The maximum atomic E-state index is 15.0. The van der Waals surface area contributed by atoms with E-state index in [1.807, 2.05) is 50.4 Å². The van der Waals surface area contributed by atoms with Crippen molar-refractivity contribution in [3.63, 3.8) is 0 Å². The molecule has 1 aliphatic rings. The first-order valence-corrected chi connectivity index (χ1v) is 12.3. The lowest BCUT2D eigenvalue weighted by molar-refractivity contribution is 0.385. The minimum atomic E-state index is -0.545. The van der Waals surface area contributed by atoms with Gasteiger partial charge in [-0.05, 0) is 31.5 Å². The number of nitrogens with zero attached hydrogens (tertiary/aromatic N) is 3. The molecule has 2 aromatic carbocycles. The monoisotopic (exact) mass is 503 g/mol. The zero-order valence-electron chi connectivity index (χ0n) is 19.4. The molecular weight excluding hydrogens is 481 g/mol. The number of benzene rings is 2. The van der Waals surface area contributed by atoms with Crippen LogP contribution in [0, 0.1) is 5.82 Å². The summed E-state index contributed by atoms with van der Waals surface area (Å²) in [5, 5.41) is 4.06. The number of hydrogen-bond donors (Lipinski definition) is 2. The van der Waals surface area contributed by atoms with Gasteiger partial charge in [0, 0.05) is 36.3 Å². The summed E-state index contributed by atoms with van der Waals surface area (Å²) in [4.78, 5) is 24.8. The number of aromatic nitrogens is 4. The van der Waals surface area contributed by atoms with Gasteiger partial charge in [-0.2, -0.15) is 0 Å². The third kappa shape index (κ3) is 4.14. The number of anilines is 1. The lowest BCUT2D eigenvalue weighted by Crippen LogP contribution is -2.18. The van der Waals surface area contributed by atoms with E-state index in [9.17, 15) is 9.18 Å². The first kappa shape index (κ1) is 22.4. The van der Waals surface area contributed by atoms with Crippen molar-refractivity contribution in [3.8, 4) is 21.9 Å². The predicted octanol–water partition coefficient (Wildman–Crippen LogP) is 5.87. The average Bonchev–Trinajstić information content (AvgIpc) is 3.29. The Kier molecular flexibility index (Phi) is 5.54. The summed E-state index contributed by atoms with van der Waals surface area (Å²) in [6.07, 6.45) is 2.89. The number of aromatic amines is 1. The highest BCUT2D eigenvalue weighted by atomic mass is 32.1. The second-order valence-electron chi connectivity index (χ2n) is 8.70. The summed E-state index contributed by atoms with van der Waals surface area (Å²) < 4.78 is 28.1. The van der Waals surface area contributed by atoms with Crippen molar-refractivity contribution < 1.29 is 13.9 Å². The van der Waals surface area contributed by atoms with Gasteiger partial charge in [0.1, 0.15) is 10.5 Å². The van der Waals surface area contributed by atoms with E-state index in [1.165, 1.54) is 16.8 Å². The molecule has 0 radical (unpaired) electrons. The average molecular weight is 504 g/mol. The number of pyridine rings is 1. The first-order chi connectivity index (χ1) is 17.5. The van der Waals surface area contributed by atoms with E-state index in [4.69, 9.17) is 9.47 Å². The van der Waals surface area contributed by atoms with E-state index in [0.717, 1.165) is 15.4 Å². The number of nitrogens with one attached hydrogen (secondary N) is 2. The van der Waals surface area contributed by atoms with Gasteiger partial charge in [-0.3, -0.25) is 9.55 Å². The van der Waals surface area contributed by atoms with Crippen LogP contribution in [0.2, 0.25) is 0 Å². The smallest absolute Gasteiger partial charge is 0.328 e. The summed E-state index contributed by atoms with van der Waals surface area (Å²) in [7, 11) is 0. The highest BCUT2D eigenvalue weighted by molar-refractivity contribution is 7.15. The van der Waals surface area contributed by atoms with Gasteiger partial charge in [0.05, 0.1) is 4.88 Å². The number of rotatable bonds is 7. The minimum absolute atomic E-state index is 0.0395. The minimum Gasteiger partial charge on any atom is -0.452 e. The van der Waals surface area contributed by atoms with Gasteiger partial charge < -0.3 is 14.8 Å². The molecule has 2 unspecified atom stereocenters. The van der Waals surface area contributed by atoms with Crippen LogP contribution in [0.25, 0.3) is 21.6 Å². The number of halogens is 1. The zero-order chi connectivity index (χ0) is 24.8. The van der Waals surface area contributed by atoms with Gasteiger partial charge >= 0.3 is 5.69 Å². The lowest BCUT2D eigenvalue weighted by Gasteiger charge is -2.12. The second-order valence-corrected chi connectivity index (χ2v) is 9.76. The van der Waals surface area contributed by atoms with Crippen LogP contribution < -0.4 is 15.7 Å². The summed E-state index contributed by atoms with van der Waals surface area (Å²) in [5.41, 5.74) is 2.26. The molecule has 2 atom stereocenters. The molecule has 8 nitrogen and oxygen atoms in total. The molecular formula is C26H22FN5O3S. The fourth-order valence-corrected chi connectivity index (χ4v) is 5.11. The lowest BCUT2D eigenvalue weighted by atomic mass is 10.2. The van der Waals surface area contributed by atoms with Gasteiger partial charge in [0.2, 0.25) is 0 Å². The molecule has 1 aliphatic heterocycles. The van der Waals surface area contributed by atoms with Crippen LogP contribution in [0.3, 0.4) is 0 Å². The van der Waals surface area contributed by atoms with Crippen molar-refractivity contribution in [2.75, 3.05) is 5.32 Å². The van der Waals surface area contributed by atoms with E-state index < -0.39 is 5.82 Å².